The Hall–Kier alpha value is -0.0301. The minimum atomic E-state index is -1.33. The van der Waals surface area contributed by atoms with E-state index in [4.69, 9.17) is 10.0 Å². The molecule has 0 bridgehead atoms. The van der Waals surface area contributed by atoms with Gasteiger partial charge in [-0.3, -0.25) is 0 Å². The van der Waals surface area contributed by atoms with Crippen LogP contribution in [0.4, 0.5) is 0 Å². The normalized spacial score (nSPS) is 25.6. The zero-order valence-corrected chi connectivity index (χ0v) is 6.64. The van der Waals surface area contributed by atoms with Crippen molar-refractivity contribution in [2.75, 3.05) is 6.54 Å². The van der Waals surface area contributed by atoms with Crippen LogP contribution < -0.4 is 0 Å². The average molecular weight is 157 g/mol. The van der Waals surface area contributed by atoms with Crippen molar-refractivity contribution >= 4 is 14.2 Å². The highest BCUT2D eigenvalue weighted by Crippen LogP contribution is 2.18. The Morgan fingerprint density at radius 2 is 2.00 bits per heavy atom. The first-order valence-corrected chi connectivity index (χ1v) is 3.93. The van der Waals surface area contributed by atoms with E-state index in [0.29, 0.717) is 0 Å². The summed E-state index contributed by atoms with van der Waals surface area (Å²) in [5, 5.41) is 26.9. The van der Waals surface area contributed by atoms with Gasteiger partial charge >= 0.3 is 14.2 Å². The fraction of sp³-hybridized carbons (Fsp3) is 1.00. The standard InChI is InChI=1S/C5H13B2NO3/c1-6(9)8-4-2-3-5(8)7(10)11/h5,9-11H,2-4H2,1H3. The van der Waals surface area contributed by atoms with E-state index in [9.17, 15) is 5.02 Å². The van der Waals surface area contributed by atoms with Gasteiger partial charge in [-0.05, 0) is 26.2 Å². The smallest absolute Gasteiger partial charge is 0.437 e. The second-order valence-corrected chi connectivity index (χ2v) is 2.99. The molecule has 1 aliphatic heterocycles. The van der Waals surface area contributed by atoms with E-state index >= 15 is 0 Å². The minimum Gasteiger partial charge on any atom is -0.437 e. The summed E-state index contributed by atoms with van der Waals surface area (Å²) in [7, 11) is -1.91. The molecule has 0 spiro atoms. The molecule has 1 saturated heterocycles. The molecule has 4 nitrogen and oxygen atoms in total. The third-order valence-corrected chi connectivity index (χ3v) is 2.17. The summed E-state index contributed by atoms with van der Waals surface area (Å²) in [6, 6.07) is 0. The Kier molecular flexibility index (Phi) is 2.95. The van der Waals surface area contributed by atoms with Gasteiger partial charge in [0.25, 0.3) is 0 Å². The summed E-state index contributed by atoms with van der Waals surface area (Å²) < 4.78 is 0. The number of hydrogen-bond acceptors (Lipinski definition) is 4. The molecule has 0 radical (unpaired) electrons. The lowest BCUT2D eigenvalue weighted by atomic mass is 9.72. The van der Waals surface area contributed by atoms with Gasteiger partial charge in [-0.25, -0.2) is 0 Å². The van der Waals surface area contributed by atoms with Crippen molar-refractivity contribution in [3.8, 4) is 0 Å². The second-order valence-electron chi connectivity index (χ2n) is 2.99. The van der Waals surface area contributed by atoms with Crippen LogP contribution in [0.2, 0.25) is 6.82 Å². The molecule has 0 saturated carbocycles. The van der Waals surface area contributed by atoms with Crippen molar-refractivity contribution in [2.45, 2.75) is 25.6 Å². The lowest BCUT2D eigenvalue weighted by Crippen LogP contribution is -2.48. The van der Waals surface area contributed by atoms with Gasteiger partial charge in [-0.2, -0.15) is 0 Å². The highest BCUT2D eigenvalue weighted by molar-refractivity contribution is 6.50. The van der Waals surface area contributed by atoms with Crippen LogP contribution in [-0.2, 0) is 0 Å². The van der Waals surface area contributed by atoms with Gasteiger partial charge in [-0.15, -0.1) is 0 Å². The van der Waals surface area contributed by atoms with Crippen LogP contribution >= 0.6 is 0 Å². The molecular formula is C5H13B2NO3. The fourth-order valence-electron chi connectivity index (χ4n) is 1.60. The van der Waals surface area contributed by atoms with Gasteiger partial charge in [-0.1, -0.05) is 0 Å². The molecule has 62 valence electrons. The van der Waals surface area contributed by atoms with E-state index in [0.717, 1.165) is 19.4 Å². The number of hydrogen-bond donors (Lipinski definition) is 3. The third kappa shape index (κ3) is 1.96. The van der Waals surface area contributed by atoms with Crippen LogP contribution in [0.1, 0.15) is 12.8 Å². The molecular weight excluding hydrogens is 144 g/mol. The highest BCUT2D eigenvalue weighted by Gasteiger charge is 2.37. The van der Waals surface area contributed by atoms with Crippen molar-refractivity contribution in [2.24, 2.45) is 0 Å². The highest BCUT2D eigenvalue weighted by atomic mass is 16.4. The topological polar surface area (TPSA) is 63.9 Å². The molecule has 0 aliphatic carbocycles. The van der Waals surface area contributed by atoms with E-state index in [1.165, 1.54) is 0 Å². The Morgan fingerprint density at radius 3 is 2.36 bits per heavy atom. The molecule has 1 rings (SSSR count). The van der Waals surface area contributed by atoms with Gasteiger partial charge in [0.15, 0.2) is 0 Å². The summed E-state index contributed by atoms with van der Waals surface area (Å²) in [5.41, 5.74) is 0. The van der Waals surface area contributed by atoms with E-state index in [1.807, 2.05) is 0 Å². The fourth-order valence-corrected chi connectivity index (χ4v) is 1.60. The average Bonchev–Trinajstić information content (AvgIpc) is 2.32. The molecule has 1 heterocycles. The zero-order chi connectivity index (χ0) is 8.43. The van der Waals surface area contributed by atoms with Crippen LogP contribution in [0.25, 0.3) is 0 Å². The number of nitrogens with zero attached hydrogens (tertiary/aromatic N) is 1. The molecule has 6 heteroatoms. The number of rotatable bonds is 2. The molecule has 1 unspecified atom stereocenters. The molecule has 3 N–H and O–H groups in total. The molecule has 0 aromatic rings. The van der Waals surface area contributed by atoms with Crippen molar-refractivity contribution in [3.63, 3.8) is 0 Å². The first kappa shape index (κ1) is 9.06. The van der Waals surface area contributed by atoms with Gasteiger partial charge in [0.1, 0.15) is 0 Å². The first-order valence-electron chi connectivity index (χ1n) is 3.93. The maximum atomic E-state index is 9.18. The maximum absolute atomic E-state index is 9.18. The van der Waals surface area contributed by atoms with Crippen LogP contribution in [0.15, 0.2) is 0 Å². The van der Waals surface area contributed by atoms with Crippen molar-refractivity contribution in [3.05, 3.63) is 0 Å². The van der Waals surface area contributed by atoms with Gasteiger partial charge in [0.2, 0.25) is 0 Å². The monoisotopic (exact) mass is 157 g/mol. The van der Waals surface area contributed by atoms with Crippen LogP contribution in [0, 0.1) is 0 Å². The zero-order valence-electron chi connectivity index (χ0n) is 6.64. The lowest BCUT2D eigenvalue weighted by Gasteiger charge is -2.23. The molecule has 1 aliphatic rings. The molecule has 1 fully saturated rings. The molecule has 0 aromatic heterocycles. The quantitative estimate of drug-likeness (QED) is 0.430. The molecule has 1 atom stereocenters. The molecule has 0 amide bonds. The predicted molar refractivity (Wildman–Crippen MR) is 43.8 cm³/mol. The summed E-state index contributed by atoms with van der Waals surface area (Å²) in [5.74, 6) is -0.282. The summed E-state index contributed by atoms with van der Waals surface area (Å²) in [4.78, 5) is 1.70. The molecule has 0 aromatic carbocycles. The van der Waals surface area contributed by atoms with Crippen LogP contribution in [0.3, 0.4) is 0 Å². The van der Waals surface area contributed by atoms with E-state index in [-0.39, 0.29) is 5.94 Å². The Morgan fingerprint density at radius 1 is 1.36 bits per heavy atom. The van der Waals surface area contributed by atoms with Crippen molar-refractivity contribution in [1.82, 2.24) is 4.81 Å². The Labute approximate surface area is 67.1 Å². The van der Waals surface area contributed by atoms with E-state index < -0.39 is 14.2 Å². The summed E-state index contributed by atoms with van der Waals surface area (Å²) >= 11 is 0. The third-order valence-electron chi connectivity index (χ3n) is 2.17. The minimum absolute atomic E-state index is 0.282. The Bertz CT molecular complexity index is 119. The summed E-state index contributed by atoms with van der Waals surface area (Å²) in [6.45, 7) is 2.39. The predicted octanol–water partition coefficient (Wildman–Crippen LogP) is -1.43. The maximum Gasteiger partial charge on any atom is 0.468 e. The first-order chi connectivity index (χ1) is 5.13. The van der Waals surface area contributed by atoms with Gasteiger partial charge < -0.3 is 19.9 Å². The molecule has 11 heavy (non-hydrogen) atoms. The Balaban J connectivity index is 2.51. The summed E-state index contributed by atoms with van der Waals surface area (Å²) in [6.07, 6.45) is 1.68. The van der Waals surface area contributed by atoms with Gasteiger partial charge in [0.05, 0.1) is 0 Å². The van der Waals surface area contributed by atoms with Crippen molar-refractivity contribution < 1.29 is 15.1 Å². The lowest BCUT2D eigenvalue weighted by molar-refractivity contribution is 0.318. The van der Waals surface area contributed by atoms with Gasteiger partial charge in [0, 0.05) is 5.94 Å². The van der Waals surface area contributed by atoms with Crippen LogP contribution in [0.5, 0.6) is 0 Å². The van der Waals surface area contributed by atoms with E-state index in [1.54, 1.807) is 11.6 Å². The van der Waals surface area contributed by atoms with Crippen molar-refractivity contribution in [1.29, 1.82) is 0 Å². The largest absolute Gasteiger partial charge is 0.468 e. The van der Waals surface area contributed by atoms with Crippen LogP contribution in [-0.4, -0.2) is 46.5 Å². The SMILES string of the molecule is CB(O)N1CCCC1B(O)O. The van der Waals surface area contributed by atoms with E-state index in [2.05, 4.69) is 0 Å². The second kappa shape index (κ2) is 3.58.